The lowest BCUT2D eigenvalue weighted by Gasteiger charge is -2.26. The van der Waals surface area contributed by atoms with E-state index in [1.165, 1.54) is 17.3 Å². The van der Waals surface area contributed by atoms with E-state index < -0.39 is 10.0 Å². The molecular formula is C26H30N2O4S2. The van der Waals surface area contributed by atoms with Crippen LogP contribution in [-0.4, -0.2) is 40.3 Å². The van der Waals surface area contributed by atoms with E-state index >= 15 is 0 Å². The van der Waals surface area contributed by atoms with Crippen molar-refractivity contribution in [2.75, 3.05) is 30.3 Å². The van der Waals surface area contributed by atoms with Crippen LogP contribution < -0.4 is 14.4 Å². The molecule has 3 aromatic carbocycles. The highest BCUT2D eigenvalue weighted by molar-refractivity contribution is 7.98. The number of hydrogen-bond donors (Lipinski definition) is 1. The molecule has 0 unspecified atom stereocenters. The van der Waals surface area contributed by atoms with E-state index in [0.29, 0.717) is 24.6 Å². The number of amides is 1. The molecule has 1 amide bonds. The monoisotopic (exact) mass is 498 g/mol. The van der Waals surface area contributed by atoms with E-state index in [9.17, 15) is 13.2 Å². The molecule has 0 fully saturated rings. The fraction of sp³-hybridized carbons (Fsp3) is 0.269. The van der Waals surface area contributed by atoms with Crippen molar-refractivity contribution in [3.05, 3.63) is 84.4 Å². The Hall–Kier alpha value is -2.97. The van der Waals surface area contributed by atoms with Gasteiger partial charge in [-0.25, -0.2) is 8.42 Å². The highest BCUT2D eigenvalue weighted by atomic mass is 32.2. The van der Waals surface area contributed by atoms with E-state index in [4.69, 9.17) is 4.74 Å². The first kappa shape index (κ1) is 25.6. The smallest absolute Gasteiger partial charge is 0.264 e. The first-order valence-corrected chi connectivity index (χ1v) is 13.8. The third-order valence-electron chi connectivity index (χ3n) is 5.18. The molecule has 0 bridgehead atoms. The number of sulfonamides is 1. The second-order valence-corrected chi connectivity index (χ2v) is 10.3. The molecule has 0 saturated heterocycles. The average Bonchev–Trinajstić information content (AvgIpc) is 2.86. The lowest BCUT2D eigenvalue weighted by Crippen LogP contribution is -2.41. The van der Waals surface area contributed by atoms with Gasteiger partial charge >= 0.3 is 0 Å². The summed E-state index contributed by atoms with van der Waals surface area (Å²) >= 11 is 1.53. The number of thioether (sulfide) groups is 1. The van der Waals surface area contributed by atoms with Crippen molar-refractivity contribution in [3.63, 3.8) is 0 Å². The SMILES string of the molecule is CCOc1ccccc1N(CC(=O)NCCCc1ccccc1)S(=O)(=O)c1ccc(SC)cc1. The van der Waals surface area contributed by atoms with Crippen molar-refractivity contribution in [1.82, 2.24) is 5.32 Å². The summed E-state index contributed by atoms with van der Waals surface area (Å²) in [5, 5.41) is 2.86. The maximum Gasteiger partial charge on any atom is 0.264 e. The zero-order valence-corrected chi connectivity index (χ0v) is 21.1. The Bertz CT molecular complexity index is 1170. The highest BCUT2D eigenvalue weighted by Crippen LogP contribution is 2.32. The number of hydrogen-bond acceptors (Lipinski definition) is 5. The highest BCUT2D eigenvalue weighted by Gasteiger charge is 2.29. The van der Waals surface area contributed by atoms with Gasteiger partial charge in [-0.15, -0.1) is 11.8 Å². The van der Waals surface area contributed by atoms with Crippen LogP contribution in [0.3, 0.4) is 0 Å². The number of carbonyl (C=O) groups excluding carboxylic acids is 1. The molecular weight excluding hydrogens is 468 g/mol. The van der Waals surface area contributed by atoms with Crippen LogP contribution in [0.4, 0.5) is 5.69 Å². The number of anilines is 1. The molecule has 0 heterocycles. The molecule has 0 aromatic heterocycles. The van der Waals surface area contributed by atoms with Crippen molar-refractivity contribution in [1.29, 1.82) is 0 Å². The van der Waals surface area contributed by atoms with E-state index in [0.717, 1.165) is 22.0 Å². The molecule has 0 aliphatic carbocycles. The minimum Gasteiger partial charge on any atom is -0.492 e. The van der Waals surface area contributed by atoms with E-state index in [1.54, 1.807) is 48.5 Å². The minimum atomic E-state index is -4.01. The Kier molecular flexibility index (Phi) is 9.42. The van der Waals surface area contributed by atoms with Crippen LogP contribution in [0.15, 0.2) is 88.7 Å². The van der Waals surface area contributed by atoms with Crippen LogP contribution in [0.2, 0.25) is 0 Å². The van der Waals surface area contributed by atoms with Gasteiger partial charge in [0.25, 0.3) is 10.0 Å². The molecule has 180 valence electrons. The minimum absolute atomic E-state index is 0.119. The van der Waals surface area contributed by atoms with Crippen LogP contribution in [0.1, 0.15) is 18.9 Å². The quantitative estimate of drug-likeness (QED) is 0.288. The Balaban J connectivity index is 1.79. The van der Waals surface area contributed by atoms with Gasteiger partial charge in [0, 0.05) is 11.4 Å². The molecule has 0 spiro atoms. The van der Waals surface area contributed by atoms with E-state index in [1.807, 2.05) is 43.5 Å². The summed E-state index contributed by atoms with van der Waals surface area (Å²) in [4.78, 5) is 13.9. The summed E-state index contributed by atoms with van der Waals surface area (Å²) in [7, 11) is -4.01. The van der Waals surface area contributed by atoms with Gasteiger partial charge in [0.05, 0.1) is 17.2 Å². The summed E-state index contributed by atoms with van der Waals surface area (Å²) in [5.74, 6) is 0.0369. The van der Waals surface area contributed by atoms with Gasteiger partial charge in [0.1, 0.15) is 12.3 Å². The van der Waals surface area contributed by atoms with Crippen molar-refractivity contribution in [3.8, 4) is 5.75 Å². The van der Waals surface area contributed by atoms with Gasteiger partial charge in [-0.1, -0.05) is 42.5 Å². The third-order valence-corrected chi connectivity index (χ3v) is 7.69. The number of rotatable bonds is 12. The number of ether oxygens (including phenoxy) is 1. The van der Waals surface area contributed by atoms with Crippen LogP contribution in [-0.2, 0) is 21.2 Å². The van der Waals surface area contributed by atoms with Gasteiger partial charge in [0.2, 0.25) is 5.91 Å². The topological polar surface area (TPSA) is 75.7 Å². The van der Waals surface area contributed by atoms with Gasteiger partial charge in [0.15, 0.2) is 0 Å². The van der Waals surface area contributed by atoms with Crippen molar-refractivity contribution in [2.24, 2.45) is 0 Å². The number of para-hydroxylation sites is 2. The molecule has 34 heavy (non-hydrogen) atoms. The first-order valence-electron chi connectivity index (χ1n) is 11.1. The Labute approximate surface area is 206 Å². The maximum atomic E-state index is 13.6. The predicted octanol–water partition coefficient (Wildman–Crippen LogP) is 4.75. The average molecular weight is 499 g/mol. The largest absolute Gasteiger partial charge is 0.492 e. The zero-order valence-electron chi connectivity index (χ0n) is 19.4. The van der Waals surface area contributed by atoms with Crippen molar-refractivity contribution < 1.29 is 17.9 Å². The fourth-order valence-electron chi connectivity index (χ4n) is 3.47. The molecule has 0 atom stereocenters. The second kappa shape index (κ2) is 12.5. The number of benzene rings is 3. The zero-order chi connectivity index (χ0) is 24.4. The maximum absolute atomic E-state index is 13.6. The molecule has 3 rings (SSSR count). The van der Waals surface area contributed by atoms with Gasteiger partial charge in [-0.3, -0.25) is 9.10 Å². The number of nitrogens with one attached hydrogen (secondary N) is 1. The standard InChI is InChI=1S/C26H30N2O4S2/c1-3-32-25-14-8-7-13-24(25)28(34(30,31)23-17-15-22(33-2)16-18-23)20-26(29)27-19-9-12-21-10-5-4-6-11-21/h4-8,10-11,13-18H,3,9,12,19-20H2,1-2H3,(H,27,29). The summed E-state index contributed by atoms with van der Waals surface area (Å²) in [6.45, 7) is 2.31. The lowest BCUT2D eigenvalue weighted by molar-refractivity contribution is -0.119. The second-order valence-electron chi connectivity index (χ2n) is 7.53. The van der Waals surface area contributed by atoms with E-state index in [-0.39, 0.29) is 17.3 Å². The predicted molar refractivity (Wildman–Crippen MR) is 138 cm³/mol. The molecule has 8 heteroatoms. The van der Waals surface area contributed by atoms with E-state index in [2.05, 4.69) is 5.32 Å². The summed E-state index contributed by atoms with van der Waals surface area (Å²) < 4.78 is 34.0. The summed E-state index contributed by atoms with van der Waals surface area (Å²) in [6, 6.07) is 23.5. The molecule has 0 saturated carbocycles. The normalized spacial score (nSPS) is 11.1. The first-order chi connectivity index (χ1) is 16.5. The van der Waals surface area contributed by atoms with Crippen molar-refractivity contribution in [2.45, 2.75) is 29.6 Å². The Morgan fingerprint density at radius 3 is 2.32 bits per heavy atom. The molecule has 1 N–H and O–H groups in total. The van der Waals surface area contributed by atoms with Crippen LogP contribution in [0.5, 0.6) is 5.75 Å². The van der Waals surface area contributed by atoms with Crippen LogP contribution in [0.25, 0.3) is 0 Å². The molecule has 0 aliphatic heterocycles. The molecule has 6 nitrogen and oxygen atoms in total. The van der Waals surface area contributed by atoms with Crippen LogP contribution in [0, 0.1) is 0 Å². The van der Waals surface area contributed by atoms with Gasteiger partial charge in [-0.2, -0.15) is 0 Å². The Morgan fingerprint density at radius 2 is 1.65 bits per heavy atom. The number of carbonyl (C=O) groups is 1. The molecule has 3 aromatic rings. The molecule has 0 radical (unpaired) electrons. The van der Waals surface area contributed by atoms with Crippen molar-refractivity contribution >= 4 is 33.4 Å². The Morgan fingerprint density at radius 1 is 0.971 bits per heavy atom. The van der Waals surface area contributed by atoms with Gasteiger partial charge < -0.3 is 10.1 Å². The summed E-state index contributed by atoms with van der Waals surface area (Å²) in [5.41, 5.74) is 1.53. The fourth-order valence-corrected chi connectivity index (χ4v) is 5.31. The lowest BCUT2D eigenvalue weighted by atomic mass is 10.1. The number of nitrogens with zero attached hydrogens (tertiary/aromatic N) is 1. The molecule has 0 aliphatic rings. The third kappa shape index (κ3) is 6.77. The number of aryl methyl sites for hydroxylation is 1. The van der Waals surface area contributed by atoms with Crippen LogP contribution >= 0.6 is 11.8 Å². The van der Waals surface area contributed by atoms with Gasteiger partial charge in [-0.05, 0) is 68.0 Å². The summed E-state index contributed by atoms with van der Waals surface area (Å²) in [6.07, 6.45) is 3.52.